The summed E-state index contributed by atoms with van der Waals surface area (Å²) in [7, 11) is 0. The fourth-order valence-corrected chi connectivity index (χ4v) is 2.67. The summed E-state index contributed by atoms with van der Waals surface area (Å²) in [5, 5.41) is 1.45. The second-order valence-electron chi connectivity index (χ2n) is 7.24. The Balaban J connectivity index is 2.17. The molecule has 1 aromatic carbocycles. The van der Waals surface area contributed by atoms with Crippen molar-refractivity contribution in [2.24, 2.45) is 11.1 Å². The molecule has 0 unspecified atom stereocenters. The third kappa shape index (κ3) is 4.49. The van der Waals surface area contributed by atoms with E-state index >= 15 is 0 Å². The maximum atomic E-state index is 13.8. The first kappa shape index (κ1) is 19.7. The molecule has 1 fully saturated rings. The SMILES string of the molecule is CC(C)(C)C(=O)ON1CCC[C@@H]1[C@@H](N)c1ccc(C(F)(F)F)c(F)c1. The molecule has 0 aromatic heterocycles. The second kappa shape index (κ2) is 6.92. The van der Waals surface area contributed by atoms with E-state index < -0.39 is 41.0 Å². The topological polar surface area (TPSA) is 55.6 Å². The molecule has 1 saturated heterocycles. The highest BCUT2D eigenvalue weighted by molar-refractivity contribution is 5.75. The van der Waals surface area contributed by atoms with Crippen LogP contribution in [0.2, 0.25) is 0 Å². The molecule has 25 heavy (non-hydrogen) atoms. The van der Waals surface area contributed by atoms with E-state index in [0.717, 1.165) is 12.5 Å². The fourth-order valence-electron chi connectivity index (χ4n) is 2.67. The van der Waals surface area contributed by atoms with Crippen LogP contribution in [0.3, 0.4) is 0 Å². The maximum Gasteiger partial charge on any atom is 0.419 e. The lowest BCUT2D eigenvalue weighted by atomic mass is 9.97. The number of nitrogens with zero attached hydrogens (tertiary/aromatic N) is 1. The number of rotatable bonds is 3. The first-order valence-corrected chi connectivity index (χ1v) is 8.02. The van der Waals surface area contributed by atoms with Crippen molar-refractivity contribution >= 4 is 5.97 Å². The van der Waals surface area contributed by atoms with E-state index in [1.807, 2.05) is 0 Å². The van der Waals surface area contributed by atoms with Gasteiger partial charge < -0.3 is 10.6 Å². The highest BCUT2D eigenvalue weighted by Gasteiger charge is 2.38. The lowest BCUT2D eigenvalue weighted by Crippen LogP contribution is -2.41. The van der Waals surface area contributed by atoms with E-state index in [9.17, 15) is 22.4 Å². The van der Waals surface area contributed by atoms with Crippen molar-refractivity contribution in [1.29, 1.82) is 0 Å². The zero-order chi connectivity index (χ0) is 19.0. The molecule has 0 saturated carbocycles. The molecule has 140 valence electrons. The summed E-state index contributed by atoms with van der Waals surface area (Å²) >= 11 is 0. The maximum absolute atomic E-state index is 13.8. The van der Waals surface area contributed by atoms with Crippen molar-refractivity contribution in [3.63, 3.8) is 0 Å². The van der Waals surface area contributed by atoms with Gasteiger partial charge in [0.25, 0.3) is 0 Å². The molecule has 2 rings (SSSR count). The summed E-state index contributed by atoms with van der Waals surface area (Å²) in [6, 6.07) is 1.47. The van der Waals surface area contributed by atoms with Gasteiger partial charge in [0.15, 0.2) is 0 Å². The number of hydrogen-bond donors (Lipinski definition) is 1. The Labute approximate surface area is 143 Å². The molecule has 0 radical (unpaired) electrons. The molecule has 1 aliphatic rings. The van der Waals surface area contributed by atoms with Gasteiger partial charge in [-0.2, -0.15) is 13.2 Å². The first-order valence-electron chi connectivity index (χ1n) is 8.02. The average Bonchev–Trinajstić information content (AvgIpc) is 2.92. The number of nitrogens with two attached hydrogens (primary N) is 1. The molecule has 0 aliphatic carbocycles. The minimum absolute atomic E-state index is 0.231. The van der Waals surface area contributed by atoms with E-state index in [-0.39, 0.29) is 5.56 Å². The van der Waals surface area contributed by atoms with Gasteiger partial charge in [-0.05, 0) is 51.3 Å². The van der Waals surface area contributed by atoms with Gasteiger partial charge in [0.2, 0.25) is 0 Å². The number of halogens is 4. The Morgan fingerprint density at radius 3 is 2.48 bits per heavy atom. The van der Waals surface area contributed by atoms with Crippen LogP contribution in [0.4, 0.5) is 17.6 Å². The van der Waals surface area contributed by atoms with Crippen LogP contribution < -0.4 is 5.73 Å². The minimum Gasteiger partial charge on any atom is -0.367 e. The van der Waals surface area contributed by atoms with Crippen LogP contribution in [0.25, 0.3) is 0 Å². The smallest absolute Gasteiger partial charge is 0.367 e. The van der Waals surface area contributed by atoms with Crippen LogP contribution in [0.15, 0.2) is 18.2 Å². The number of alkyl halides is 3. The van der Waals surface area contributed by atoms with E-state index in [0.29, 0.717) is 19.0 Å². The van der Waals surface area contributed by atoms with Crippen LogP contribution in [0.5, 0.6) is 0 Å². The summed E-state index contributed by atoms with van der Waals surface area (Å²) in [5.41, 5.74) is 4.33. The van der Waals surface area contributed by atoms with Gasteiger partial charge in [-0.15, -0.1) is 5.06 Å². The van der Waals surface area contributed by atoms with Crippen LogP contribution in [-0.2, 0) is 15.8 Å². The zero-order valence-electron chi connectivity index (χ0n) is 14.4. The lowest BCUT2D eigenvalue weighted by molar-refractivity contribution is -0.205. The molecule has 8 heteroatoms. The highest BCUT2D eigenvalue weighted by Crippen LogP contribution is 2.34. The van der Waals surface area contributed by atoms with E-state index in [1.165, 1.54) is 11.1 Å². The summed E-state index contributed by atoms with van der Waals surface area (Å²) < 4.78 is 51.8. The van der Waals surface area contributed by atoms with Crippen molar-refractivity contribution in [1.82, 2.24) is 5.06 Å². The fraction of sp³-hybridized carbons (Fsp3) is 0.588. The van der Waals surface area contributed by atoms with Gasteiger partial charge >= 0.3 is 12.1 Å². The van der Waals surface area contributed by atoms with Crippen LogP contribution >= 0.6 is 0 Å². The van der Waals surface area contributed by atoms with Gasteiger partial charge in [-0.1, -0.05) is 6.07 Å². The number of hydrogen-bond acceptors (Lipinski definition) is 4. The predicted molar refractivity (Wildman–Crippen MR) is 83.6 cm³/mol. The predicted octanol–water partition coefficient (Wildman–Crippen LogP) is 3.81. The summed E-state index contributed by atoms with van der Waals surface area (Å²) in [6.45, 7) is 5.62. The monoisotopic (exact) mass is 362 g/mol. The molecule has 0 spiro atoms. The van der Waals surface area contributed by atoms with Crippen molar-refractivity contribution in [3.05, 3.63) is 35.1 Å². The number of benzene rings is 1. The molecule has 4 nitrogen and oxygen atoms in total. The van der Waals surface area contributed by atoms with Crippen molar-refractivity contribution in [3.8, 4) is 0 Å². The molecule has 1 aliphatic heterocycles. The average molecular weight is 362 g/mol. The Morgan fingerprint density at radius 2 is 1.96 bits per heavy atom. The molecule has 2 N–H and O–H groups in total. The van der Waals surface area contributed by atoms with Crippen molar-refractivity contribution in [2.75, 3.05) is 6.54 Å². The van der Waals surface area contributed by atoms with Crippen molar-refractivity contribution in [2.45, 2.75) is 51.9 Å². The molecule has 2 atom stereocenters. The van der Waals surface area contributed by atoms with E-state index in [2.05, 4.69) is 0 Å². The van der Waals surface area contributed by atoms with E-state index in [1.54, 1.807) is 20.8 Å². The molecular formula is C17H22F4N2O2. The van der Waals surface area contributed by atoms with Gasteiger partial charge in [-0.3, -0.25) is 0 Å². The number of carbonyl (C=O) groups excluding carboxylic acids is 1. The molecule has 0 amide bonds. The first-order chi connectivity index (χ1) is 11.4. The van der Waals surface area contributed by atoms with Gasteiger partial charge in [0.05, 0.1) is 17.0 Å². The van der Waals surface area contributed by atoms with Crippen LogP contribution in [-0.4, -0.2) is 23.6 Å². The molecule has 1 aromatic rings. The van der Waals surface area contributed by atoms with E-state index in [4.69, 9.17) is 10.6 Å². The third-order valence-electron chi connectivity index (χ3n) is 4.16. The third-order valence-corrected chi connectivity index (χ3v) is 4.16. The summed E-state index contributed by atoms with van der Waals surface area (Å²) in [6.07, 6.45) is -3.44. The Hall–Kier alpha value is -1.67. The standard InChI is InChI=1S/C17H22F4N2O2/c1-16(2,3)15(24)25-23-8-4-5-13(23)14(22)10-6-7-11(12(18)9-10)17(19,20)21/h6-7,9,13-14H,4-5,8,22H2,1-3H3/t13-,14+/m1/s1. The summed E-state index contributed by atoms with van der Waals surface area (Å²) in [4.78, 5) is 17.4. The van der Waals surface area contributed by atoms with Gasteiger partial charge in [-0.25, -0.2) is 9.18 Å². The number of hydroxylamine groups is 2. The molecular weight excluding hydrogens is 340 g/mol. The van der Waals surface area contributed by atoms with Crippen molar-refractivity contribution < 1.29 is 27.2 Å². The number of carbonyl (C=O) groups is 1. The summed E-state index contributed by atoms with van der Waals surface area (Å²) in [5.74, 6) is -1.79. The lowest BCUT2D eigenvalue weighted by Gasteiger charge is -2.30. The van der Waals surface area contributed by atoms with Crippen LogP contribution in [0, 0.1) is 11.2 Å². The molecule has 1 heterocycles. The Bertz CT molecular complexity index is 641. The van der Waals surface area contributed by atoms with Gasteiger partial charge in [0, 0.05) is 12.6 Å². The second-order valence-corrected chi connectivity index (χ2v) is 7.24. The Morgan fingerprint density at radius 1 is 1.32 bits per heavy atom. The quantitative estimate of drug-likeness (QED) is 0.831. The Kier molecular flexibility index (Phi) is 5.44. The largest absolute Gasteiger partial charge is 0.419 e. The highest BCUT2D eigenvalue weighted by atomic mass is 19.4. The van der Waals surface area contributed by atoms with Crippen LogP contribution in [0.1, 0.15) is 50.8 Å². The molecule has 0 bridgehead atoms. The normalized spacial score (nSPS) is 20.6. The zero-order valence-corrected chi connectivity index (χ0v) is 14.4. The minimum atomic E-state index is -4.76. The van der Waals surface area contributed by atoms with Gasteiger partial charge in [0.1, 0.15) is 5.82 Å².